The van der Waals surface area contributed by atoms with E-state index in [1.807, 2.05) is 0 Å². The van der Waals surface area contributed by atoms with Gasteiger partial charge in [-0.3, -0.25) is 4.79 Å². The predicted molar refractivity (Wildman–Crippen MR) is 94.2 cm³/mol. The highest BCUT2D eigenvalue weighted by Gasteiger charge is 2.27. The van der Waals surface area contributed by atoms with Crippen molar-refractivity contribution in [2.75, 3.05) is 19.0 Å². The number of amides is 2. The monoisotopic (exact) mass is 378 g/mol. The lowest BCUT2D eigenvalue weighted by molar-refractivity contribution is 0.102. The van der Waals surface area contributed by atoms with Crippen molar-refractivity contribution in [1.29, 1.82) is 0 Å². The van der Waals surface area contributed by atoms with Crippen LogP contribution in [0.25, 0.3) is 0 Å². The molecule has 0 aliphatic carbocycles. The van der Waals surface area contributed by atoms with E-state index in [2.05, 4.69) is 15.4 Å². The first-order valence-corrected chi connectivity index (χ1v) is 8.24. The summed E-state index contributed by atoms with van der Waals surface area (Å²) in [6, 6.07) is 8.68. The summed E-state index contributed by atoms with van der Waals surface area (Å²) in [4.78, 5) is 24.1. The summed E-state index contributed by atoms with van der Waals surface area (Å²) in [7, 11) is 1.28. The highest BCUT2D eigenvalue weighted by Crippen LogP contribution is 2.35. The molecule has 0 spiro atoms. The van der Waals surface area contributed by atoms with Gasteiger partial charge in [-0.15, -0.1) is 0 Å². The van der Waals surface area contributed by atoms with E-state index in [0.717, 1.165) is 0 Å². The Hall–Kier alpha value is -2.80. The van der Waals surface area contributed by atoms with Gasteiger partial charge in [0.2, 0.25) is 0 Å². The minimum absolute atomic E-state index is 0.0866. The van der Waals surface area contributed by atoms with Gasteiger partial charge in [-0.2, -0.15) is 0 Å². The van der Waals surface area contributed by atoms with Gasteiger partial charge in [-0.05, 0) is 24.3 Å². The van der Waals surface area contributed by atoms with Gasteiger partial charge >= 0.3 is 6.09 Å². The summed E-state index contributed by atoms with van der Waals surface area (Å²) in [5.74, 6) is -0.601. The van der Waals surface area contributed by atoms with Gasteiger partial charge < -0.3 is 20.1 Å². The topological polar surface area (TPSA) is 76.7 Å². The van der Waals surface area contributed by atoms with Crippen molar-refractivity contribution >= 4 is 29.3 Å². The number of hydrogen-bond acceptors (Lipinski definition) is 4. The van der Waals surface area contributed by atoms with E-state index in [0.29, 0.717) is 35.6 Å². The first-order valence-electron chi connectivity index (χ1n) is 7.86. The molecule has 136 valence electrons. The molecule has 0 aromatic heterocycles. The molecule has 0 bridgehead atoms. The molecule has 2 aromatic rings. The van der Waals surface area contributed by atoms with E-state index in [1.54, 1.807) is 18.2 Å². The second-order valence-corrected chi connectivity index (χ2v) is 6.04. The molecule has 1 aliphatic heterocycles. The smallest absolute Gasteiger partial charge is 0.407 e. The lowest BCUT2D eigenvalue weighted by Gasteiger charge is -2.27. The third kappa shape index (κ3) is 3.72. The summed E-state index contributed by atoms with van der Waals surface area (Å²) in [5.41, 5.74) is 1.35. The molecule has 1 atom stereocenters. The standard InChI is InChI=1S/C18H16ClFN2O4/c1-25-18(24)22-15-7-8-26-16-11(15)3-2-4-12(16)17(23)21-10-5-6-14(20)13(19)9-10/h2-6,9,15H,7-8H2,1H3,(H,21,23)(H,22,24)/t15-/m0/s1. The molecule has 1 heterocycles. The van der Waals surface area contributed by atoms with E-state index < -0.39 is 17.8 Å². The number of nitrogens with one attached hydrogen (secondary N) is 2. The molecule has 0 unspecified atom stereocenters. The number of methoxy groups -OCH3 is 1. The highest BCUT2D eigenvalue weighted by atomic mass is 35.5. The number of rotatable bonds is 3. The van der Waals surface area contributed by atoms with E-state index in [4.69, 9.17) is 16.3 Å². The van der Waals surface area contributed by atoms with Gasteiger partial charge in [0, 0.05) is 17.7 Å². The second-order valence-electron chi connectivity index (χ2n) is 5.63. The van der Waals surface area contributed by atoms with E-state index in [-0.39, 0.29) is 11.1 Å². The number of anilines is 1. The molecule has 0 saturated heterocycles. The van der Waals surface area contributed by atoms with E-state index in [1.165, 1.54) is 25.3 Å². The van der Waals surface area contributed by atoms with Gasteiger partial charge in [-0.25, -0.2) is 9.18 Å². The minimum atomic E-state index is -0.568. The van der Waals surface area contributed by atoms with Crippen LogP contribution >= 0.6 is 11.6 Å². The fraction of sp³-hybridized carbons (Fsp3) is 0.222. The predicted octanol–water partition coefficient (Wildman–Crippen LogP) is 3.91. The third-order valence-corrected chi connectivity index (χ3v) is 4.26. The zero-order valence-electron chi connectivity index (χ0n) is 13.8. The summed E-state index contributed by atoms with van der Waals surface area (Å²) in [6.07, 6.45) is -0.000505. The molecule has 0 radical (unpaired) electrons. The first-order chi connectivity index (χ1) is 12.5. The van der Waals surface area contributed by atoms with Gasteiger partial charge in [0.05, 0.1) is 30.3 Å². The average Bonchev–Trinajstić information content (AvgIpc) is 2.64. The number of hydrogen-bond donors (Lipinski definition) is 2. The second kappa shape index (κ2) is 7.61. The average molecular weight is 379 g/mol. The zero-order chi connectivity index (χ0) is 18.7. The van der Waals surface area contributed by atoms with Crippen molar-refractivity contribution in [3.05, 3.63) is 58.4 Å². The number of halogens is 2. The van der Waals surface area contributed by atoms with E-state index >= 15 is 0 Å². The molecular formula is C18H16ClFN2O4. The van der Waals surface area contributed by atoms with Crippen LogP contribution in [0.5, 0.6) is 5.75 Å². The van der Waals surface area contributed by atoms with Crippen molar-refractivity contribution in [2.24, 2.45) is 0 Å². The number of alkyl carbamates (subject to hydrolysis) is 1. The fourth-order valence-corrected chi connectivity index (χ4v) is 2.91. The molecule has 1 aliphatic rings. The Balaban J connectivity index is 1.86. The van der Waals surface area contributed by atoms with Gasteiger partial charge in [0.1, 0.15) is 11.6 Å². The van der Waals surface area contributed by atoms with Crippen LogP contribution in [0.15, 0.2) is 36.4 Å². The highest BCUT2D eigenvalue weighted by molar-refractivity contribution is 6.31. The Morgan fingerprint density at radius 2 is 2.12 bits per heavy atom. The third-order valence-electron chi connectivity index (χ3n) is 3.97. The zero-order valence-corrected chi connectivity index (χ0v) is 14.6. The van der Waals surface area contributed by atoms with Gasteiger partial charge in [0.25, 0.3) is 5.91 Å². The first kappa shape index (κ1) is 18.0. The van der Waals surface area contributed by atoms with Crippen LogP contribution in [-0.4, -0.2) is 25.7 Å². The van der Waals surface area contributed by atoms with Crippen LogP contribution < -0.4 is 15.4 Å². The quantitative estimate of drug-likeness (QED) is 0.849. The summed E-state index contributed by atoms with van der Waals surface area (Å²) in [5, 5.41) is 5.30. The number of benzene rings is 2. The molecule has 2 N–H and O–H groups in total. The Bertz CT molecular complexity index is 859. The molecule has 0 saturated carbocycles. The van der Waals surface area contributed by atoms with Crippen LogP contribution in [0.2, 0.25) is 5.02 Å². The molecule has 2 aromatic carbocycles. The van der Waals surface area contributed by atoms with Crippen LogP contribution in [0, 0.1) is 5.82 Å². The molecule has 0 fully saturated rings. The Kier molecular flexibility index (Phi) is 5.27. The number of carbonyl (C=O) groups excluding carboxylic acids is 2. The Morgan fingerprint density at radius 1 is 1.31 bits per heavy atom. The summed E-state index contributed by atoms with van der Waals surface area (Å²) >= 11 is 5.74. The molecule has 8 heteroatoms. The van der Waals surface area contributed by atoms with Crippen molar-refractivity contribution in [3.63, 3.8) is 0 Å². The van der Waals surface area contributed by atoms with Crippen LogP contribution in [0.1, 0.15) is 28.4 Å². The van der Waals surface area contributed by atoms with Crippen molar-refractivity contribution in [1.82, 2.24) is 5.32 Å². The van der Waals surface area contributed by atoms with Crippen molar-refractivity contribution in [2.45, 2.75) is 12.5 Å². The maximum Gasteiger partial charge on any atom is 0.407 e. The maximum atomic E-state index is 13.3. The normalized spacial score (nSPS) is 15.4. The Labute approximate surface area is 154 Å². The van der Waals surface area contributed by atoms with Gasteiger partial charge in [0.15, 0.2) is 0 Å². The Morgan fingerprint density at radius 3 is 2.85 bits per heavy atom. The number of fused-ring (bicyclic) bond motifs is 1. The van der Waals surface area contributed by atoms with Crippen LogP contribution in [0.4, 0.5) is 14.9 Å². The van der Waals surface area contributed by atoms with Crippen LogP contribution in [-0.2, 0) is 4.74 Å². The lowest BCUT2D eigenvalue weighted by atomic mass is 9.97. The van der Waals surface area contributed by atoms with E-state index in [9.17, 15) is 14.0 Å². The largest absolute Gasteiger partial charge is 0.492 e. The SMILES string of the molecule is COC(=O)N[C@H]1CCOc2c(C(=O)Nc3ccc(F)c(Cl)c3)cccc21. The molecule has 2 amide bonds. The minimum Gasteiger partial charge on any atom is -0.492 e. The van der Waals surface area contributed by atoms with Crippen molar-refractivity contribution in [3.8, 4) is 5.75 Å². The summed E-state index contributed by atoms with van der Waals surface area (Å²) in [6.45, 7) is 0.342. The fourth-order valence-electron chi connectivity index (χ4n) is 2.73. The van der Waals surface area contributed by atoms with Gasteiger partial charge in [-0.1, -0.05) is 23.7 Å². The molecular weight excluding hydrogens is 363 g/mol. The maximum absolute atomic E-state index is 13.3. The number of carbonyl (C=O) groups is 2. The summed E-state index contributed by atoms with van der Waals surface area (Å²) < 4.78 is 23.5. The molecule has 26 heavy (non-hydrogen) atoms. The lowest BCUT2D eigenvalue weighted by Crippen LogP contribution is -2.32. The number of para-hydroxylation sites is 1. The number of ether oxygens (including phenoxy) is 2. The molecule has 6 nitrogen and oxygen atoms in total. The van der Waals surface area contributed by atoms with Crippen molar-refractivity contribution < 1.29 is 23.5 Å². The van der Waals surface area contributed by atoms with Crippen LogP contribution in [0.3, 0.4) is 0 Å². The molecule has 3 rings (SSSR count).